The van der Waals surface area contributed by atoms with E-state index in [2.05, 4.69) is 48.5 Å². The molecule has 3 heteroatoms. The summed E-state index contributed by atoms with van der Waals surface area (Å²) in [6.45, 7) is 18.1. The lowest BCUT2D eigenvalue weighted by molar-refractivity contribution is -0.117. The Kier molecular flexibility index (Phi) is 6.45. The lowest BCUT2D eigenvalue weighted by Gasteiger charge is -2.58. The summed E-state index contributed by atoms with van der Waals surface area (Å²) >= 11 is 0. The number of carbonyl (C=O) groups excluding carboxylic acids is 1. The van der Waals surface area contributed by atoms with Crippen LogP contribution in [0.15, 0.2) is 11.6 Å². The summed E-state index contributed by atoms with van der Waals surface area (Å²) < 4.78 is 6.46. The van der Waals surface area contributed by atoms with Gasteiger partial charge < -0.3 is 4.43 Å². The molecule has 176 valence electrons. The van der Waals surface area contributed by atoms with Crippen LogP contribution in [0.5, 0.6) is 0 Å². The van der Waals surface area contributed by atoms with E-state index in [0.29, 0.717) is 33.5 Å². The van der Waals surface area contributed by atoms with Gasteiger partial charge in [0.25, 0.3) is 0 Å². The Hall–Kier alpha value is -0.413. The monoisotopic (exact) mass is 444 g/mol. The first-order chi connectivity index (χ1) is 14.5. The maximum atomic E-state index is 12.1. The van der Waals surface area contributed by atoms with Crippen molar-refractivity contribution in [3.05, 3.63) is 11.6 Å². The van der Waals surface area contributed by atoms with Crippen molar-refractivity contribution in [3.8, 4) is 0 Å². The quantitative estimate of drug-likeness (QED) is 0.425. The average Bonchev–Trinajstić information content (AvgIpc) is 3.05. The van der Waals surface area contributed by atoms with Crippen LogP contribution in [0.1, 0.15) is 99.8 Å². The second-order valence-corrected chi connectivity index (χ2v) is 15.9. The number of ketones is 1. The molecule has 0 saturated heterocycles. The van der Waals surface area contributed by atoms with Gasteiger partial charge in [-0.2, -0.15) is 0 Å². The Labute approximate surface area is 194 Å². The van der Waals surface area contributed by atoms with Gasteiger partial charge in [-0.3, -0.25) is 4.79 Å². The third kappa shape index (κ3) is 4.05. The number of hydrogen-bond acceptors (Lipinski definition) is 2. The van der Waals surface area contributed by atoms with Crippen molar-refractivity contribution in [1.29, 1.82) is 0 Å². The van der Waals surface area contributed by atoms with Crippen LogP contribution in [0.4, 0.5) is 0 Å². The smallest absolute Gasteiger partial charge is 0.167 e. The minimum atomic E-state index is -0.501. The molecule has 0 N–H and O–H groups in total. The van der Waals surface area contributed by atoms with Crippen molar-refractivity contribution in [2.45, 2.75) is 105 Å². The Morgan fingerprint density at radius 1 is 1.06 bits per heavy atom. The van der Waals surface area contributed by atoms with Crippen LogP contribution < -0.4 is 0 Å². The van der Waals surface area contributed by atoms with E-state index in [4.69, 9.17) is 4.43 Å². The first kappa shape index (κ1) is 23.7. The standard InChI is InChI=1S/C28H48O2Si/c1-18(2)26(4,5)31-30-17-19(3)23-10-11-24-22-9-8-20-16-21(29)12-14-27(20,6)25(22)13-15-28(23,24)7/h16,18-19,22-25H,8-15,17,31H2,1-7H3/t19-,22-,23+,24-,25-,27-,28+/m0/s1. The molecule has 2 nitrogen and oxygen atoms in total. The van der Waals surface area contributed by atoms with E-state index >= 15 is 0 Å². The zero-order valence-corrected chi connectivity index (χ0v) is 22.8. The van der Waals surface area contributed by atoms with Gasteiger partial charge in [-0.05, 0) is 102 Å². The number of fused-ring (bicyclic) bond motifs is 5. The molecule has 0 amide bonds. The zero-order chi connectivity index (χ0) is 22.6. The van der Waals surface area contributed by atoms with Gasteiger partial charge in [0, 0.05) is 13.0 Å². The van der Waals surface area contributed by atoms with Crippen molar-refractivity contribution in [2.75, 3.05) is 6.61 Å². The van der Waals surface area contributed by atoms with E-state index in [-0.39, 0.29) is 0 Å². The van der Waals surface area contributed by atoms with E-state index in [1.54, 1.807) is 0 Å². The van der Waals surface area contributed by atoms with Crippen LogP contribution in [-0.2, 0) is 9.22 Å². The lowest BCUT2D eigenvalue weighted by atomic mass is 9.46. The number of hydrogen-bond donors (Lipinski definition) is 0. The van der Waals surface area contributed by atoms with E-state index in [1.165, 1.54) is 44.1 Å². The maximum Gasteiger partial charge on any atom is 0.167 e. The molecule has 0 aliphatic heterocycles. The van der Waals surface area contributed by atoms with Crippen molar-refractivity contribution in [2.24, 2.45) is 46.3 Å². The molecular weight excluding hydrogens is 396 g/mol. The van der Waals surface area contributed by atoms with Crippen molar-refractivity contribution < 1.29 is 9.22 Å². The Balaban J connectivity index is 1.44. The molecular formula is C28H48O2Si. The fraction of sp³-hybridized carbons (Fsp3) is 0.893. The van der Waals surface area contributed by atoms with Gasteiger partial charge in [0.2, 0.25) is 0 Å². The molecule has 4 aliphatic rings. The van der Waals surface area contributed by atoms with Gasteiger partial charge in [-0.25, -0.2) is 0 Å². The summed E-state index contributed by atoms with van der Waals surface area (Å²) in [6.07, 6.45) is 12.0. The second kappa shape index (κ2) is 8.42. The van der Waals surface area contributed by atoms with Gasteiger partial charge in [-0.1, -0.05) is 54.0 Å². The number of carbonyl (C=O) groups is 1. The SMILES string of the molecule is CC(C)C(C)(C)[SiH2]OC[C@H](C)[C@H]1CC[C@H]2[C@@H]3CCC4=CC(=O)CC[C@]4(C)[C@H]3CC[C@]12C. The van der Waals surface area contributed by atoms with Crippen LogP contribution in [0.25, 0.3) is 0 Å². The molecule has 4 aliphatic carbocycles. The number of allylic oxidation sites excluding steroid dienone is 1. The summed E-state index contributed by atoms with van der Waals surface area (Å²) in [5.41, 5.74) is 2.31. The summed E-state index contributed by atoms with van der Waals surface area (Å²) in [6, 6.07) is 0. The van der Waals surface area contributed by atoms with Gasteiger partial charge >= 0.3 is 0 Å². The van der Waals surface area contributed by atoms with Gasteiger partial charge in [0.05, 0.1) is 0 Å². The normalized spacial score (nSPS) is 41.8. The Bertz CT molecular complexity index is 725. The molecule has 7 atom stereocenters. The van der Waals surface area contributed by atoms with Crippen LogP contribution in [0.3, 0.4) is 0 Å². The highest BCUT2D eigenvalue weighted by molar-refractivity contribution is 6.32. The predicted molar refractivity (Wildman–Crippen MR) is 133 cm³/mol. The minimum Gasteiger partial charge on any atom is -0.423 e. The fourth-order valence-corrected chi connectivity index (χ4v) is 9.67. The summed E-state index contributed by atoms with van der Waals surface area (Å²) in [5, 5.41) is 0.393. The third-order valence-corrected chi connectivity index (χ3v) is 13.1. The van der Waals surface area contributed by atoms with Crippen LogP contribution in [-0.4, -0.2) is 22.2 Å². The van der Waals surface area contributed by atoms with E-state index in [0.717, 1.165) is 43.1 Å². The lowest BCUT2D eigenvalue weighted by Crippen LogP contribution is -2.51. The van der Waals surface area contributed by atoms with E-state index in [9.17, 15) is 4.79 Å². The van der Waals surface area contributed by atoms with Crippen molar-refractivity contribution in [1.82, 2.24) is 0 Å². The highest BCUT2D eigenvalue weighted by Crippen LogP contribution is 2.67. The van der Waals surface area contributed by atoms with Crippen LogP contribution in [0.2, 0.25) is 5.04 Å². The highest BCUT2D eigenvalue weighted by atomic mass is 28.2. The molecule has 3 fully saturated rings. The molecule has 0 heterocycles. The van der Waals surface area contributed by atoms with E-state index < -0.39 is 9.76 Å². The molecule has 0 unspecified atom stereocenters. The van der Waals surface area contributed by atoms with Gasteiger partial charge in [0.15, 0.2) is 15.5 Å². The molecule has 0 aromatic carbocycles. The Morgan fingerprint density at radius 3 is 2.52 bits per heavy atom. The maximum absolute atomic E-state index is 12.1. The Morgan fingerprint density at radius 2 is 1.81 bits per heavy atom. The highest BCUT2D eigenvalue weighted by Gasteiger charge is 2.59. The molecule has 31 heavy (non-hydrogen) atoms. The first-order valence-corrected chi connectivity index (χ1v) is 14.6. The van der Waals surface area contributed by atoms with Crippen molar-refractivity contribution >= 4 is 15.5 Å². The molecule has 0 spiro atoms. The largest absolute Gasteiger partial charge is 0.423 e. The average molecular weight is 445 g/mol. The molecule has 0 aromatic rings. The van der Waals surface area contributed by atoms with Crippen LogP contribution >= 0.6 is 0 Å². The van der Waals surface area contributed by atoms with Gasteiger partial charge in [0.1, 0.15) is 0 Å². The van der Waals surface area contributed by atoms with Crippen LogP contribution in [0, 0.1) is 46.3 Å². The zero-order valence-electron chi connectivity index (χ0n) is 21.4. The molecule has 0 aromatic heterocycles. The van der Waals surface area contributed by atoms with E-state index in [1.807, 2.05) is 6.08 Å². The summed E-state index contributed by atoms with van der Waals surface area (Å²) in [4.78, 5) is 12.1. The second-order valence-electron chi connectivity index (χ2n) is 13.3. The minimum absolute atomic E-state index is 0.305. The predicted octanol–water partition coefficient (Wildman–Crippen LogP) is 6.73. The topological polar surface area (TPSA) is 26.3 Å². The molecule has 3 saturated carbocycles. The van der Waals surface area contributed by atoms with Gasteiger partial charge in [-0.15, -0.1) is 0 Å². The summed E-state index contributed by atoms with van der Waals surface area (Å²) in [7, 11) is -0.501. The fourth-order valence-electron chi connectivity index (χ4n) is 8.33. The molecule has 0 radical (unpaired) electrons. The third-order valence-electron chi connectivity index (χ3n) is 11.1. The molecule has 0 bridgehead atoms. The number of rotatable bonds is 6. The molecule has 4 rings (SSSR count). The summed E-state index contributed by atoms with van der Waals surface area (Å²) in [5.74, 6) is 5.17. The first-order valence-electron chi connectivity index (χ1n) is 13.3. The van der Waals surface area contributed by atoms with Crippen molar-refractivity contribution in [3.63, 3.8) is 0 Å².